The van der Waals surface area contributed by atoms with Crippen molar-refractivity contribution in [3.8, 4) is 0 Å². The first-order valence-electron chi connectivity index (χ1n) is 10.8. The van der Waals surface area contributed by atoms with E-state index in [-0.39, 0.29) is 11.4 Å². The zero-order chi connectivity index (χ0) is 20.1. The van der Waals surface area contributed by atoms with Gasteiger partial charge in [-0.2, -0.15) is 11.8 Å². The Morgan fingerprint density at radius 2 is 1.83 bits per heavy atom. The van der Waals surface area contributed by atoms with Crippen molar-refractivity contribution in [1.82, 2.24) is 20.0 Å². The van der Waals surface area contributed by atoms with Crippen LogP contribution in [0.1, 0.15) is 36.2 Å². The van der Waals surface area contributed by atoms with Gasteiger partial charge in [0, 0.05) is 69.9 Å². The first kappa shape index (κ1) is 20.6. The highest BCUT2D eigenvalue weighted by molar-refractivity contribution is 7.99. The average molecular weight is 420 g/mol. The highest BCUT2D eigenvalue weighted by Crippen LogP contribution is 2.36. The molecule has 3 heterocycles. The van der Waals surface area contributed by atoms with E-state index in [1.54, 1.807) is 18.4 Å². The number of guanidine groups is 1. The molecule has 1 aromatic rings. The minimum absolute atomic E-state index is 0.0227. The van der Waals surface area contributed by atoms with Crippen molar-refractivity contribution in [2.75, 3.05) is 64.4 Å². The number of nitrogens with one attached hydrogen (secondary N) is 1. The summed E-state index contributed by atoms with van der Waals surface area (Å²) >= 11 is 2.08. The molecule has 1 saturated carbocycles. The van der Waals surface area contributed by atoms with E-state index in [2.05, 4.69) is 31.9 Å². The molecule has 1 N–H and O–H groups in total. The van der Waals surface area contributed by atoms with Crippen molar-refractivity contribution in [3.05, 3.63) is 24.2 Å². The van der Waals surface area contributed by atoms with Gasteiger partial charge in [0.05, 0.1) is 6.26 Å². The molecule has 3 aliphatic rings. The van der Waals surface area contributed by atoms with Gasteiger partial charge in [0.15, 0.2) is 11.7 Å². The molecule has 160 valence electrons. The van der Waals surface area contributed by atoms with Crippen molar-refractivity contribution in [3.63, 3.8) is 0 Å². The van der Waals surface area contributed by atoms with Crippen molar-refractivity contribution in [1.29, 1.82) is 0 Å². The number of carbonyl (C=O) groups is 1. The molecular weight excluding hydrogens is 386 g/mol. The molecule has 7 nitrogen and oxygen atoms in total. The van der Waals surface area contributed by atoms with Crippen LogP contribution in [0, 0.1) is 0 Å². The summed E-state index contributed by atoms with van der Waals surface area (Å²) in [7, 11) is 1.86. The van der Waals surface area contributed by atoms with Gasteiger partial charge in [0.1, 0.15) is 0 Å². The highest BCUT2D eigenvalue weighted by atomic mass is 32.2. The van der Waals surface area contributed by atoms with Crippen molar-refractivity contribution in [2.45, 2.75) is 31.2 Å². The first-order valence-corrected chi connectivity index (χ1v) is 12.0. The van der Waals surface area contributed by atoms with Gasteiger partial charge in [-0.15, -0.1) is 0 Å². The Labute approximate surface area is 177 Å². The number of piperazine rings is 1. The normalized spacial score (nSPS) is 23.4. The van der Waals surface area contributed by atoms with E-state index in [1.807, 2.05) is 11.9 Å². The lowest BCUT2D eigenvalue weighted by Gasteiger charge is -2.44. The molecule has 0 aromatic carbocycles. The molecule has 0 spiro atoms. The Morgan fingerprint density at radius 1 is 1.14 bits per heavy atom. The van der Waals surface area contributed by atoms with Gasteiger partial charge in [-0.1, -0.05) is 12.8 Å². The fraction of sp³-hybridized carbons (Fsp3) is 0.714. The Kier molecular flexibility index (Phi) is 6.70. The van der Waals surface area contributed by atoms with Gasteiger partial charge in [-0.25, -0.2) is 0 Å². The maximum Gasteiger partial charge on any atom is 0.289 e. The fourth-order valence-corrected chi connectivity index (χ4v) is 5.83. The second kappa shape index (κ2) is 9.43. The molecule has 2 aliphatic heterocycles. The topological polar surface area (TPSA) is 64.3 Å². The van der Waals surface area contributed by atoms with Crippen LogP contribution < -0.4 is 5.32 Å². The van der Waals surface area contributed by atoms with E-state index < -0.39 is 0 Å². The standard InChI is InChI=1S/C21H33N5O2S/c1-22-20(23-17-21(6-2-3-7-21)26-12-15-29-16-13-26)25-10-8-24(9-11-25)19(27)18-5-4-14-28-18/h4-5,14H,2-3,6-13,15-17H2,1H3,(H,22,23). The summed E-state index contributed by atoms with van der Waals surface area (Å²) in [5.41, 5.74) is 0.286. The number of amides is 1. The van der Waals surface area contributed by atoms with Crippen LogP contribution >= 0.6 is 11.8 Å². The van der Waals surface area contributed by atoms with E-state index in [0.717, 1.165) is 25.6 Å². The second-order valence-electron chi connectivity index (χ2n) is 8.19. The van der Waals surface area contributed by atoms with Gasteiger partial charge in [-0.05, 0) is 25.0 Å². The molecule has 1 amide bonds. The minimum Gasteiger partial charge on any atom is -0.459 e. The fourth-order valence-electron chi connectivity index (χ4n) is 4.93. The summed E-state index contributed by atoms with van der Waals surface area (Å²) in [5.74, 6) is 3.87. The molecule has 0 bridgehead atoms. The summed E-state index contributed by atoms with van der Waals surface area (Å²) in [5, 5.41) is 3.70. The van der Waals surface area contributed by atoms with E-state index in [0.29, 0.717) is 18.8 Å². The van der Waals surface area contributed by atoms with Crippen LogP contribution in [0.4, 0.5) is 0 Å². The van der Waals surface area contributed by atoms with Gasteiger partial charge in [0.25, 0.3) is 5.91 Å². The number of aliphatic imine (C=N–C) groups is 1. The molecule has 0 atom stereocenters. The third-order valence-electron chi connectivity index (χ3n) is 6.60. The van der Waals surface area contributed by atoms with Crippen molar-refractivity contribution < 1.29 is 9.21 Å². The maximum atomic E-state index is 12.5. The maximum absolute atomic E-state index is 12.5. The molecule has 4 rings (SSSR count). The van der Waals surface area contributed by atoms with Gasteiger partial charge in [0.2, 0.25) is 0 Å². The SMILES string of the molecule is CN=C(NCC1(N2CCSCC2)CCCC1)N1CCN(C(=O)c2ccco2)CC1. The lowest BCUT2D eigenvalue weighted by molar-refractivity contribution is 0.0655. The molecular formula is C21H33N5O2S. The quantitative estimate of drug-likeness (QED) is 0.595. The van der Waals surface area contributed by atoms with E-state index >= 15 is 0 Å². The molecule has 1 aromatic heterocycles. The molecule has 29 heavy (non-hydrogen) atoms. The van der Waals surface area contributed by atoms with Crippen LogP contribution in [0.3, 0.4) is 0 Å². The van der Waals surface area contributed by atoms with Crippen LogP contribution in [0.15, 0.2) is 27.8 Å². The van der Waals surface area contributed by atoms with Gasteiger partial charge < -0.3 is 19.5 Å². The number of furan rings is 1. The van der Waals surface area contributed by atoms with E-state index in [4.69, 9.17) is 4.42 Å². The van der Waals surface area contributed by atoms with Crippen LogP contribution in [0.5, 0.6) is 0 Å². The van der Waals surface area contributed by atoms with Crippen molar-refractivity contribution in [2.24, 2.45) is 4.99 Å². The zero-order valence-electron chi connectivity index (χ0n) is 17.4. The van der Waals surface area contributed by atoms with Gasteiger partial charge >= 0.3 is 0 Å². The second-order valence-corrected chi connectivity index (χ2v) is 9.41. The number of nitrogens with zero attached hydrogens (tertiary/aromatic N) is 4. The Hall–Kier alpha value is -1.67. The Bertz CT molecular complexity index is 688. The predicted molar refractivity (Wildman–Crippen MR) is 118 cm³/mol. The lowest BCUT2D eigenvalue weighted by atomic mass is 9.94. The predicted octanol–water partition coefficient (Wildman–Crippen LogP) is 1.97. The zero-order valence-corrected chi connectivity index (χ0v) is 18.3. The minimum atomic E-state index is -0.0227. The van der Waals surface area contributed by atoms with Gasteiger partial charge in [-0.3, -0.25) is 14.7 Å². The Balaban J connectivity index is 1.32. The first-order chi connectivity index (χ1) is 14.2. The van der Waals surface area contributed by atoms with Crippen LogP contribution in [0.25, 0.3) is 0 Å². The third-order valence-corrected chi connectivity index (χ3v) is 7.54. The number of hydrogen-bond acceptors (Lipinski definition) is 5. The molecule has 0 unspecified atom stereocenters. The van der Waals surface area contributed by atoms with Crippen molar-refractivity contribution >= 4 is 23.6 Å². The summed E-state index contributed by atoms with van der Waals surface area (Å²) in [6, 6.07) is 3.49. The average Bonchev–Trinajstić information content (AvgIpc) is 3.48. The molecule has 1 aliphatic carbocycles. The largest absolute Gasteiger partial charge is 0.459 e. The lowest BCUT2D eigenvalue weighted by Crippen LogP contribution is -2.59. The molecule has 0 radical (unpaired) electrons. The monoisotopic (exact) mass is 419 g/mol. The highest BCUT2D eigenvalue weighted by Gasteiger charge is 2.40. The van der Waals surface area contributed by atoms with Crippen LogP contribution in [0.2, 0.25) is 0 Å². The molecule has 8 heteroatoms. The third kappa shape index (κ3) is 4.58. The van der Waals surface area contributed by atoms with E-state index in [9.17, 15) is 4.79 Å². The number of carbonyl (C=O) groups excluding carboxylic acids is 1. The molecule has 3 fully saturated rings. The van der Waals surface area contributed by atoms with E-state index in [1.165, 1.54) is 50.3 Å². The smallest absolute Gasteiger partial charge is 0.289 e. The Morgan fingerprint density at radius 3 is 2.45 bits per heavy atom. The summed E-state index contributed by atoms with van der Waals surface area (Å²) < 4.78 is 5.26. The summed E-state index contributed by atoms with van der Waals surface area (Å²) in [6.45, 7) is 6.34. The van der Waals surface area contributed by atoms with Crippen LogP contribution in [-0.2, 0) is 0 Å². The number of rotatable bonds is 4. The number of hydrogen-bond donors (Lipinski definition) is 1. The number of thioether (sulfide) groups is 1. The van der Waals surface area contributed by atoms with Crippen LogP contribution in [-0.4, -0.2) is 96.5 Å². The summed E-state index contributed by atoms with van der Waals surface area (Å²) in [4.78, 5) is 23.9. The summed E-state index contributed by atoms with van der Waals surface area (Å²) in [6.07, 6.45) is 6.78. The molecule has 2 saturated heterocycles.